The van der Waals surface area contributed by atoms with Crippen LogP contribution in [0.2, 0.25) is 0 Å². The molecule has 2 rings (SSSR count). The second kappa shape index (κ2) is 3.02. The topological polar surface area (TPSA) is 20.2 Å². The minimum atomic E-state index is 0.0492. The van der Waals surface area contributed by atoms with E-state index in [0.29, 0.717) is 0 Å². The summed E-state index contributed by atoms with van der Waals surface area (Å²) in [6.45, 7) is 4.66. The van der Waals surface area contributed by atoms with Crippen LogP contribution >= 0.6 is 0 Å². The molecule has 0 saturated heterocycles. The molecule has 12 heavy (non-hydrogen) atoms. The molecule has 2 saturated carbocycles. The van der Waals surface area contributed by atoms with Crippen molar-refractivity contribution in [2.45, 2.75) is 45.6 Å². The van der Waals surface area contributed by atoms with Crippen molar-refractivity contribution in [1.29, 1.82) is 0 Å². The van der Waals surface area contributed by atoms with E-state index in [4.69, 9.17) is 0 Å². The monoisotopic (exact) mass is 168 g/mol. The Bertz CT molecular complexity index is 160. The van der Waals surface area contributed by atoms with Crippen molar-refractivity contribution in [3.8, 4) is 0 Å². The first kappa shape index (κ1) is 8.55. The average Bonchev–Trinajstić information content (AvgIpc) is 2.76. The highest BCUT2D eigenvalue weighted by Crippen LogP contribution is 2.55. The van der Waals surface area contributed by atoms with Crippen LogP contribution in [0.5, 0.6) is 0 Å². The summed E-state index contributed by atoms with van der Waals surface area (Å²) in [7, 11) is 0. The second-order valence-corrected chi connectivity index (χ2v) is 4.83. The van der Waals surface area contributed by atoms with E-state index in [2.05, 4.69) is 13.8 Å². The van der Waals surface area contributed by atoms with E-state index in [1.54, 1.807) is 0 Å². The molecular weight excluding hydrogens is 148 g/mol. The lowest BCUT2D eigenvalue weighted by atomic mass is 9.77. The number of hydrogen-bond acceptors (Lipinski definition) is 1. The molecule has 2 fully saturated rings. The van der Waals surface area contributed by atoms with Crippen molar-refractivity contribution in [3.63, 3.8) is 0 Å². The van der Waals surface area contributed by atoms with Gasteiger partial charge in [-0.3, -0.25) is 0 Å². The Morgan fingerprint density at radius 3 is 2.50 bits per heavy atom. The minimum absolute atomic E-state index is 0.0492. The van der Waals surface area contributed by atoms with Crippen molar-refractivity contribution in [2.24, 2.45) is 23.7 Å². The van der Waals surface area contributed by atoms with Gasteiger partial charge in [0.1, 0.15) is 0 Å². The summed E-state index contributed by atoms with van der Waals surface area (Å²) in [4.78, 5) is 0. The molecule has 0 heterocycles. The lowest BCUT2D eigenvalue weighted by molar-refractivity contribution is 0.0289. The van der Waals surface area contributed by atoms with Crippen LogP contribution in [0.15, 0.2) is 0 Å². The van der Waals surface area contributed by atoms with E-state index in [-0.39, 0.29) is 6.10 Å². The molecule has 70 valence electrons. The molecule has 1 unspecified atom stereocenters. The SMILES string of the molecule is CC[C@H](C)C1C[C@@H]1C1CC(O)C1. The number of rotatable bonds is 3. The van der Waals surface area contributed by atoms with Gasteiger partial charge in [0.15, 0.2) is 0 Å². The fourth-order valence-electron chi connectivity index (χ4n) is 2.71. The maximum Gasteiger partial charge on any atom is 0.0545 e. The first-order chi connectivity index (χ1) is 5.72. The maximum absolute atomic E-state index is 9.18. The van der Waals surface area contributed by atoms with Crippen LogP contribution in [-0.4, -0.2) is 11.2 Å². The molecule has 0 aromatic carbocycles. The third-order valence-corrected chi connectivity index (χ3v) is 4.02. The Hall–Kier alpha value is -0.0400. The fraction of sp³-hybridized carbons (Fsp3) is 1.00. The number of aliphatic hydroxyl groups excluding tert-OH is 1. The van der Waals surface area contributed by atoms with Crippen LogP contribution in [0, 0.1) is 23.7 Å². The van der Waals surface area contributed by atoms with E-state index in [0.717, 1.165) is 36.5 Å². The van der Waals surface area contributed by atoms with Crippen molar-refractivity contribution in [3.05, 3.63) is 0 Å². The summed E-state index contributed by atoms with van der Waals surface area (Å²) in [6.07, 6.45) is 5.02. The molecule has 3 atom stereocenters. The first-order valence-corrected chi connectivity index (χ1v) is 5.40. The Morgan fingerprint density at radius 2 is 2.00 bits per heavy atom. The number of hydrogen-bond donors (Lipinski definition) is 1. The Labute approximate surface area is 75.2 Å². The molecule has 0 aromatic heterocycles. The van der Waals surface area contributed by atoms with Gasteiger partial charge >= 0.3 is 0 Å². The van der Waals surface area contributed by atoms with E-state index in [1.807, 2.05) is 0 Å². The summed E-state index contributed by atoms with van der Waals surface area (Å²) in [6, 6.07) is 0. The zero-order valence-electron chi connectivity index (χ0n) is 8.16. The molecule has 0 radical (unpaired) electrons. The normalized spacial score (nSPS) is 48.2. The van der Waals surface area contributed by atoms with Gasteiger partial charge in [0.05, 0.1) is 6.10 Å². The van der Waals surface area contributed by atoms with Crippen molar-refractivity contribution in [1.82, 2.24) is 0 Å². The first-order valence-electron chi connectivity index (χ1n) is 5.40. The number of aliphatic hydroxyl groups is 1. The molecule has 0 amide bonds. The molecule has 0 bridgehead atoms. The van der Waals surface area contributed by atoms with Gasteiger partial charge in [-0.05, 0) is 42.9 Å². The highest BCUT2D eigenvalue weighted by Gasteiger charge is 2.48. The van der Waals surface area contributed by atoms with Crippen molar-refractivity contribution in [2.75, 3.05) is 0 Å². The molecule has 2 aliphatic rings. The van der Waals surface area contributed by atoms with Gasteiger partial charge < -0.3 is 5.11 Å². The highest BCUT2D eigenvalue weighted by atomic mass is 16.3. The Kier molecular flexibility index (Phi) is 2.16. The van der Waals surface area contributed by atoms with Gasteiger partial charge in [0, 0.05) is 0 Å². The molecule has 1 heteroatoms. The van der Waals surface area contributed by atoms with Gasteiger partial charge in [0.25, 0.3) is 0 Å². The quantitative estimate of drug-likeness (QED) is 0.686. The van der Waals surface area contributed by atoms with Crippen LogP contribution in [-0.2, 0) is 0 Å². The van der Waals surface area contributed by atoms with Crippen LogP contribution < -0.4 is 0 Å². The minimum Gasteiger partial charge on any atom is -0.393 e. The van der Waals surface area contributed by atoms with Crippen LogP contribution in [0.25, 0.3) is 0 Å². The predicted octanol–water partition coefficient (Wildman–Crippen LogP) is 2.44. The molecule has 0 aliphatic heterocycles. The smallest absolute Gasteiger partial charge is 0.0545 e. The largest absolute Gasteiger partial charge is 0.393 e. The Balaban J connectivity index is 1.73. The van der Waals surface area contributed by atoms with E-state index < -0.39 is 0 Å². The highest BCUT2D eigenvalue weighted by molar-refractivity contribution is 4.98. The summed E-state index contributed by atoms with van der Waals surface area (Å²) in [5, 5.41) is 9.18. The molecule has 1 N–H and O–H groups in total. The van der Waals surface area contributed by atoms with Crippen LogP contribution in [0.3, 0.4) is 0 Å². The Morgan fingerprint density at radius 1 is 1.33 bits per heavy atom. The van der Waals surface area contributed by atoms with Gasteiger partial charge in [-0.15, -0.1) is 0 Å². The maximum atomic E-state index is 9.18. The third kappa shape index (κ3) is 1.39. The molecule has 0 spiro atoms. The predicted molar refractivity (Wildman–Crippen MR) is 49.8 cm³/mol. The fourth-order valence-corrected chi connectivity index (χ4v) is 2.71. The standard InChI is InChI=1S/C11H20O/c1-3-7(2)10-6-11(10)8-4-9(12)5-8/h7-12H,3-6H2,1-2H3/t7-,8?,9?,10?,11+/m0/s1. The van der Waals surface area contributed by atoms with Gasteiger partial charge in [-0.1, -0.05) is 20.3 Å². The summed E-state index contributed by atoms with van der Waals surface area (Å²) < 4.78 is 0. The molecule has 0 aromatic rings. The lowest BCUT2D eigenvalue weighted by Gasteiger charge is -2.32. The molecular formula is C11H20O. The van der Waals surface area contributed by atoms with E-state index >= 15 is 0 Å². The zero-order chi connectivity index (χ0) is 8.72. The molecule has 2 aliphatic carbocycles. The average molecular weight is 168 g/mol. The van der Waals surface area contributed by atoms with E-state index in [1.165, 1.54) is 12.8 Å². The van der Waals surface area contributed by atoms with Gasteiger partial charge in [0.2, 0.25) is 0 Å². The summed E-state index contributed by atoms with van der Waals surface area (Å²) in [5.41, 5.74) is 0. The lowest BCUT2D eigenvalue weighted by Crippen LogP contribution is -2.30. The van der Waals surface area contributed by atoms with Crippen molar-refractivity contribution < 1.29 is 5.11 Å². The third-order valence-electron chi connectivity index (χ3n) is 4.02. The van der Waals surface area contributed by atoms with Crippen molar-refractivity contribution >= 4 is 0 Å². The summed E-state index contributed by atoms with van der Waals surface area (Å²) in [5.74, 6) is 3.81. The second-order valence-electron chi connectivity index (χ2n) is 4.83. The van der Waals surface area contributed by atoms with Gasteiger partial charge in [-0.2, -0.15) is 0 Å². The molecule has 1 nitrogen and oxygen atoms in total. The van der Waals surface area contributed by atoms with Crippen LogP contribution in [0.4, 0.5) is 0 Å². The van der Waals surface area contributed by atoms with E-state index in [9.17, 15) is 5.11 Å². The van der Waals surface area contributed by atoms with Crippen LogP contribution in [0.1, 0.15) is 39.5 Å². The van der Waals surface area contributed by atoms with Gasteiger partial charge in [-0.25, -0.2) is 0 Å². The summed E-state index contributed by atoms with van der Waals surface area (Å²) >= 11 is 0. The zero-order valence-corrected chi connectivity index (χ0v) is 8.16.